The summed E-state index contributed by atoms with van der Waals surface area (Å²) in [5, 5.41) is 7.25. The van der Waals surface area contributed by atoms with Crippen molar-refractivity contribution in [1.82, 2.24) is 9.78 Å². The van der Waals surface area contributed by atoms with Gasteiger partial charge < -0.3 is 15.8 Å². The molecule has 20 heavy (non-hydrogen) atoms. The summed E-state index contributed by atoms with van der Waals surface area (Å²) in [5.74, 6) is 0.122. The molecular formula is C13H15ClN4O2. The van der Waals surface area contributed by atoms with Crippen molar-refractivity contribution in [3.8, 4) is 5.75 Å². The van der Waals surface area contributed by atoms with Crippen molar-refractivity contribution < 1.29 is 9.53 Å². The number of aromatic nitrogens is 2. The molecule has 0 spiro atoms. The Bertz CT molecular complexity index is 647. The largest absolute Gasteiger partial charge is 0.495 e. The molecule has 1 aromatic carbocycles. The van der Waals surface area contributed by atoms with E-state index in [0.717, 1.165) is 5.56 Å². The van der Waals surface area contributed by atoms with Crippen molar-refractivity contribution in [2.75, 3.05) is 18.2 Å². The summed E-state index contributed by atoms with van der Waals surface area (Å²) in [4.78, 5) is 12.2. The number of hydrogen-bond acceptors (Lipinski definition) is 4. The average molecular weight is 295 g/mol. The van der Waals surface area contributed by atoms with E-state index in [1.54, 1.807) is 19.2 Å². The number of methoxy groups -OCH3 is 1. The van der Waals surface area contributed by atoms with Gasteiger partial charge in [-0.05, 0) is 18.6 Å². The molecule has 2 rings (SSSR count). The monoisotopic (exact) mass is 294 g/mol. The first-order valence-corrected chi connectivity index (χ1v) is 6.24. The maximum absolute atomic E-state index is 12.2. The summed E-state index contributed by atoms with van der Waals surface area (Å²) in [6, 6.07) is 3.39. The first kappa shape index (κ1) is 14.2. The molecule has 0 aliphatic rings. The number of aryl methyl sites for hydroxylation is 2. The lowest BCUT2D eigenvalue weighted by atomic mass is 10.2. The number of anilines is 2. The van der Waals surface area contributed by atoms with Gasteiger partial charge in [0.2, 0.25) is 0 Å². The number of halogens is 1. The minimum Gasteiger partial charge on any atom is -0.495 e. The highest BCUT2D eigenvalue weighted by atomic mass is 35.5. The third-order valence-corrected chi connectivity index (χ3v) is 3.32. The highest BCUT2D eigenvalue weighted by Crippen LogP contribution is 2.31. The van der Waals surface area contributed by atoms with Crippen molar-refractivity contribution in [2.24, 2.45) is 7.05 Å². The smallest absolute Gasteiger partial charge is 0.276 e. The number of hydrogen-bond donors (Lipinski definition) is 2. The van der Waals surface area contributed by atoms with Gasteiger partial charge in [0.1, 0.15) is 11.4 Å². The van der Waals surface area contributed by atoms with E-state index in [-0.39, 0.29) is 5.91 Å². The summed E-state index contributed by atoms with van der Waals surface area (Å²) in [5.41, 5.74) is 7.69. The van der Waals surface area contributed by atoms with E-state index in [1.807, 2.05) is 6.92 Å². The van der Waals surface area contributed by atoms with Crippen LogP contribution in [0.3, 0.4) is 0 Å². The molecule has 0 aliphatic carbocycles. The SMILES string of the molecule is COc1cc(Cl)c(C)cc1NC(=O)c1c(N)cnn1C. The molecule has 0 unspecified atom stereocenters. The second-order valence-electron chi connectivity index (χ2n) is 4.33. The van der Waals surface area contributed by atoms with Gasteiger partial charge >= 0.3 is 0 Å². The Kier molecular flexibility index (Phi) is 3.85. The third kappa shape index (κ3) is 2.55. The second kappa shape index (κ2) is 5.42. The molecule has 0 saturated carbocycles. The van der Waals surface area contributed by atoms with E-state index in [0.29, 0.717) is 27.8 Å². The highest BCUT2D eigenvalue weighted by Gasteiger charge is 2.17. The standard InChI is InChI=1S/C13H15ClN4O2/c1-7-4-10(11(20-3)5-8(7)14)17-13(19)12-9(15)6-16-18(12)2/h4-6H,15H2,1-3H3,(H,17,19). The number of ether oxygens (including phenoxy) is 1. The zero-order valence-corrected chi connectivity index (χ0v) is 12.2. The predicted molar refractivity (Wildman–Crippen MR) is 78.3 cm³/mol. The first-order valence-electron chi connectivity index (χ1n) is 5.87. The Morgan fingerprint density at radius 3 is 2.75 bits per heavy atom. The van der Waals surface area contributed by atoms with Gasteiger partial charge in [-0.25, -0.2) is 0 Å². The van der Waals surface area contributed by atoms with Gasteiger partial charge in [-0.3, -0.25) is 9.48 Å². The van der Waals surface area contributed by atoms with Crippen LogP contribution in [0.25, 0.3) is 0 Å². The summed E-state index contributed by atoms with van der Waals surface area (Å²) in [6.45, 7) is 1.84. The average Bonchev–Trinajstić information content (AvgIpc) is 2.73. The van der Waals surface area contributed by atoms with Gasteiger partial charge in [0, 0.05) is 18.1 Å². The Hall–Kier alpha value is -2.21. The lowest BCUT2D eigenvalue weighted by Gasteiger charge is -2.12. The van der Waals surface area contributed by atoms with Gasteiger partial charge in [0.15, 0.2) is 0 Å². The van der Waals surface area contributed by atoms with E-state index in [9.17, 15) is 4.79 Å². The van der Waals surface area contributed by atoms with Crippen LogP contribution in [0.4, 0.5) is 11.4 Å². The van der Waals surface area contributed by atoms with Crippen LogP contribution in [0.1, 0.15) is 16.1 Å². The quantitative estimate of drug-likeness (QED) is 0.909. The minimum absolute atomic E-state index is 0.291. The van der Waals surface area contributed by atoms with Gasteiger partial charge in [-0.2, -0.15) is 5.10 Å². The van der Waals surface area contributed by atoms with Gasteiger partial charge in [-0.1, -0.05) is 11.6 Å². The maximum atomic E-state index is 12.2. The molecule has 0 fully saturated rings. The summed E-state index contributed by atoms with van der Waals surface area (Å²) in [6.07, 6.45) is 1.43. The van der Waals surface area contributed by atoms with E-state index >= 15 is 0 Å². The van der Waals surface area contributed by atoms with Crippen LogP contribution in [0.2, 0.25) is 5.02 Å². The number of amides is 1. The molecule has 0 bridgehead atoms. The molecule has 3 N–H and O–H groups in total. The van der Waals surface area contributed by atoms with E-state index < -0.39 is 0 Å². The number of nitrogens with two attached hydrogens (primary N) is 1. The molecule has 1 aromatic heterocycles. The van der Waals surface area contributed by atoms with Gasteiger partial charge in [0.25, 0.3) is 5.91 Å². The molecule has 0 radical (unpaired) electrons. The normalized spacial score (nSPS) is 10.4. The fraction of sp³-hybridized carbons (Fsp3) is 0.231. The Labute approximate surface area is 121 Å². The Morgan fingerprint density at radius 2 is 2.20 bits per heavy atom. The van der Waals surface area contributed by atoms with E-state index in [1.165, 1.54) is 18.0 Å². The third-order valence-electron chi connectivity index (χ3n) is 2.91. The fourth-order valence-corrected chi connectivity index (χ4v) is 2.00. The van der Waals surface area contributed by atoms with Crippen LogP contribution in [0.5, 0.6) is 5.75 Å². The second-order valence-corrected chi connectivity index (χ2v) is 4.74. The molecule has 6 nitrogen and oxygen atoms in total. The molecule has 106 valence electrons. The summed E-state index contributed by atoms with van der Waals surface area (Å²) in [7, 11) is 3.16. The van der Waals surface area contributed by atoms with Crippen LogP contribution in [0, 0.1) is 6.92 Å². The Balaban J connectivity index is 2.35. The number of carbonyl (C=O) groups is 1. The van der Waals surface area contributed by atoms with Crippen LogP contribution in [0.15, 0.2) is 18.3 Å². The Morgan fingerprint density at radius 1 is 1.50 bits per heavy atom. The molecule has 0 aliphatic heterocycles. The van der Waals surface area contributed by atoms with Crippen molar-refractivity contribution in [2.45, 2.75) is 6.92 Å². The van der Waals surface area contributed by atoms with E-state index in [4.69, 9.17) is 22.1 Å². The predicted octanol–water partition coefficient (Wildman–Crippen LogP) is 2.23. The van der Waals surface area contributed by atoms with Crippen molar-refractivity contribution >= 4 is 28.9 Å². The number of nitrogen functional groups attached to an aromatic ring is 1. The molecular weight excluding hydrogens is 280 g/mol. The lowest BCUT2D eigenvalue weighted by molar-refractivity contribution is 0.101. The molecule has 2 aromatic rings. The number of carbonyl (C=O) groups excluding carboxylic acids is 1. The van der Waals surface area contributed by atoms with Gasteiger partial charge in [0.05, 0.1) is 24.7 Å². The van der Waals surface area contributed by atoms with Crippen molar-refractivity contribution in [3.63, 3.8) is 0 Å². The highest BCUT2D eigenvalue weighted by molar-refractivity contribution is 6.31. The topological polar surface area (TPSA) is 82.2 Å². The molecule has 1 amide bonds. The molecule has 0 atom stereocenters. The zero-order chi connectivity index (χ0) is 14.9. The molecule has 7 heteroatoms. The lowest BCUT2D eigenvalue weighted by Crippen LogP contribution is -2.18. The van der Waals surface area contributed by atoms with Gasteiger partial charge in [-0.15, -0.1) is 0 Å². The van der Waals surface area contributed by atoms with Crippen LogP contribution in [-0.4, -0.2) is 22.8 Å². The van der Waals surface area contributed by atoms with Crippen molar-refractivity contribution in [3.05, 3.63) is 34.6 Å². The van der Waals surface area contributed by atoms with Crippen LogP contribution in [-0.2, 0) is 7.05 Å². The fourth-order valence-electron chi connectivity index (χ4n) is 1.84. The first-order chi connectivity index (χ1) is 9.43. The number of nitrogens with one attached hydrogen (secondary N) is 1. The molecule has 1 heterocycles. The van der Waals surface area contributed by atoms with Crippen LogP contribution >= 0.6 is 11.6 Å². The molecule has 0 saturated heterocycles. The number of nitrogens with zero attached hydrogens (tertiary/aromatic N) is 2. The number of rotatable bonds is 3. The number of benzene rings is 1. The zero-order valence-electron chi connectivity index (χ0n) is 11.4. The maximum Gasteiger partial charge on any atom is 0.276 e. The van der Waals surface area contributed by atoms with Crippen molar-refractivity contribution in [1.29, 1.82) is 0 Å². The summed E-state index contributed by atoms with van der Waals surface area (Å²) < 4.78 is 6.62. The van der Waals surface area contributed by atoms with E-state index in [2.05, 4.69) is 10.4 Å². The van der Waals surface area contributed by atoms with Crippen LogP contribution < -0.4 is 15.8 Å². The summed E-state index contributed by atoms with van der Waals surface area (Å²) >= 11 is 6.02. The minimum atomic E-state index is -0.359.